The molecule has 0 aliphatic carbocycles. The molecular weight excluding hydrogens is 319 g/mol. The Morgan fingerprint density at radius 2 is 2.00 bits per heavy atom. The number of methoxy groups -OCH3 is 2. The second kappa shape index (κ2) is 7.86. The molecular formula is C15H15FN4O4. The molecule has 0 fully saturated rings. The molecule has 0 spiro atoms. The van der Waals surface area contributed by atoms with Crippen LogP contribution in [0.4, 0.5) is 4.39 Å². The summed E-state index contributed by atoms with van der Waals surface area (Å²) in [6.07, 6.45) is 0.957. The number of hydrogen-bond donors (Lipinski definition) is 2. The quantitative estimate of drug-likeness (QED) is 0.469. The first kappa shape index (κ1) is 17.1. The molecule has 2 aromatic rings. The number of amides is 1. The lowest BCUT2D eigenvalue weighted by Gasteiger charge is -2.12. The Labute approximate surface area is 137 Å². The van der Waals surface area contributed by atoms with Gasteiger partial charge in [-0.05, 0) is 17.7 Å². The average Bonchev–Trinajstić information content (AvgIpc) is 2.60. The van der Waals surface area contributed by atoms with E-state index in [-0.39, 0.29) is 35.5 Å². The van der Waals surface area contributed by atoms with Crippen LogP contribution in [0, 0.1) is 5.82 Å². The predicted molar refractivity (Wildman–Crippen MR) is 82.1 cm³/mol. The summed E-state index contributed by atoms with van der Waals surface area (Å²) in [7, 11) is 2.70. The third-order valence-corrected chi connectivity index (χ3v) is 3.00. The van der Waals surface area contributed by atoms with Crippen LogP contribution in [0.1, 0.15) is 21.9 Å². The Kier molecular flexibility index (Phi) is 5.61. The van der Waals surface area contributed by atoms with Crippen LogP contribution in [0.2, 0.25) is 0 Å². The van der Waals surface area contributed by atoms with Gasteiger partial charge in [-0.15, -0.1) is 0 Å². The summed E-state index contributed by atoms with van der Waals surface area (Å²) in [4.78, 5) is 20.3. The lowest BCUT2D eigenvalue weighted by Crippen LogP contribution is -2.25. The summed E-state index contributed by atoms with van der Waals surface area (Å²) in [5.74, 6) is -0.870. The van der Waals surface area contributed by atoms with E-state index < -0.39 is 5.91 Å². The number of rotatable bonds is 6. The van der Waals surface area contributed by atoms with Crippen LogP contribution in [-0.2, 0) is 6.54 Å². The van der Waals surface area contributed by atoms with Crippen molar-refractivity contribution in [2.24, 2.45) is 5.16 Å². The Hall–Kier alpha value is -3.23. The Morgan fingerprint density at radius 1 is 1.29 bits per heavy atom. The van der Waals surface area contributed by atoms with Gasteiger partial charge in [-0.2, -0.15) is 4.98 Å². The van der Waals surface area contributed by atoms with Gasteiger partial charge < -0.3 is 20.0 Å². The van der Waals surface area contributed by atoms with Gasteiger partial charge in [-0.3, -0.25) is 4.79 Å². The first-order chi connectivity index (χ1) is 11.6. The molecule has 0 aliphatic heterocycles. The molecule has 0 bridgehead atoms. The van der Waals surface area contributed by atoms with Gasteiger partial charge in [0.2, 0.25) is 5.75 Å². The molecule has 8 nitrogen and oxygen atoms in total. The van der Waals surface area contributed by atoms with Crippen molar-refractivity contribution in [3.63, 3.8) is 0 Å². The number of aromatic nitrogens is 2. The minimum absolute atomic E-state index is 0.0225. The number of halogens is 1. The zero-order chi connectivity index (χ0) is 17.5. The van der Waals surface area contributed by atoms with E-state index in [1.165, 1.54) is 26.4 Å². The van der Waals surface area contributed by atoms with Gasteiger partial charge in [0.15, 0.2) is 11.5 Å². The maximum atomic E-state index is 12.9. The smallest absolute Gasteiger partial charge is 0.274 e. The Balaban J connectivity index is 2.26. The maximum Gasteiger partial charge on any atom is 0.274 e. The zero-order valence-electron chi connectivity index (χ0n) is 13.0. The van der Waals surface area contributed by atoms with Gasteiger partial charge in [0.05, 0.1) is 14.2 Å². The number of nitrogens with one attached hydrogen (secondary N) is 1. The van der Waals surface area contributed by atoms with Crippen LogP contribution in [0.25, 0.3) is 0 Å². The van der Waals surface area contributed by atoms with Gasteiger partial charge in [-0.25, -0.2) is 9.37 Å². The van der Waals surface area contributed by atoms with Crippen LogP contribution in [0.3, 0.4) is 0 Å². The fourth-order valence-electron chi connectivity index (χ4n) is 1.90. The highest BCUT2D eigenvalue weighted by molar-refractivity contribution is 5.96. The highest BCUT2D eigenvalue weighted by atomic mass is 19.1. The summed E-state index contributed by atoms with van der Waals surface area (Å²) in [5.41, 5.74) is 0.628. The second-order valence-corrected chi connectivity index (χ2v) is 4.53. The lowest BCUT2D eigenvalue weighted by molar-refractivity contribution is 0.0941. The van der Waals surface area contributed by atoms with Crippen LogP contribution >= 0.6 is 0 Å². The molecule has 1 aromatic carbocycles. The summed E-state index contributed by atoms with van der Waals surface area (Å²) in [6.45, 7) is 0.165. The summed E-state index contributed by atoms with van der Waals surface area (Å²) < 4.78 is 23.1. The van der Waals surface area contributed by atoms with E-state index in [4.69, 9.17) is 14.7 Å². The molecule has 2 N–H and O–H groups in total. The standard InChI is InChI=1S/C15H15FN4O4/c1-23-13-12(19-11(8-18-22)20-15(13)24-2)14(21)17-7-9-3-5-10(16)6-4-9/h3-6,8,22H,7H2,1-2H3,(H,17,21)/b18-8+. The molecule has 0 unspecified atom stereocenters. The first-order valence-corrected chi connectivity index (χ1v) is 6.79. The third kappa shape index (κ3) is 3.94. The third-order valence-electron chi connectivity index (χ3n) is 3.00. The summed E-state index contributed by atoms with van der Waals surface area (Å²) in [6, 6.07) is 5.70. The van der Waals surface area contributed by atoms with Crippen LogP contribution in [0.5, 0.6) is 11.6 Å². The van der Waals surface area contributed by atoms with Crippen molar-refractivity contribution in [1.29, 1.82) is 0 Å². The monoisotopic (exact) mass is 334 g/mol. The van der Waals surface area contributed by atoms with Crippen molar-refractivity contribution in [3.05, 3.63) is 47.2 Å². The van der Waals surface area contributed by atoms with Gasteiger partial charge in [0, 0.05) is 6.54 Å². The van der Waals surface area contributed by atoms with E-state index in [1.54, 1.807) is 12.1 Å². The molecule has 0 saturated carbocycles. The fourth-order valence-corrected chi connectivity index (χ4v) is 1.90. The largest absolute Gasteiger partial charge is 0.489 e. The van der Waals surface area contributed by atoms with Crippen molar-refractivity contribution in [2.75, 3.05) is 14.2 Å². The fraction of sp³-hybridized carbons (Fsp3) is 0.200. The van der Waals surface area contributed by atoms with Gasteiger partial charge in [0.25, 0.3) is 11.8 Å². The van der Waals surface area contributed by atoms with Gasteiger partial charge in [0.1, 0.15) is 12.0 Å². The molecule has 0 aliphatic rings. The molecule has 1 aromatic heterocycles. The molecule has 0 atom stereocenters. The maximum absolute atomic E-state index is 12.9. The molecule has 0 radical (unpaired) electrons. The molecule has 1 heterocycles. The van der Waals surface area contributed by atoms with E-state index in [2.05, 4.69) is 20.4 Å². The predicted octanol–water partition coefficient (Wildman–Crippen LogP) is 1.37. The van der Waals surface area contributed by atoms with E-state index in [1.807, 2.05) is 0 Å². The van der Waals surface area contributed by atoms with Gasteiger partial charge in [-0.1, -0.05) is 17.3 Å². The molecule has 0 saturated heterocycles. The van der Waals surface area contributed by atoms with Crippen LogP contribution in [0.15, 0.2) is 29.4 Å². The summed E-state index contributed by atoms with van der Waals surface area (Å²) >= 11 is 0. The lowest BCUT2D eigenvalue weighted by atomic mass is 10.2. The molecule has 9 heteroatoms. The Bertz CT molecular complexity index is 750. The van der Waals surface area contributed by atoms with E-state index in [9.17, 15) is 9.18 Å². The highest BCUT2D eigenvalue weighted by Crippen LogP contribution is 2.27. The highest BCUT2D eigenvalue weighted by Gasteiger charge is 2.21. The minimum atomic E-state index is -0.551. The number of carbonyl (C=O) groups excluding carboxylic acids is 1. The second-order valence-electron chi connectivity index (χ2n) is 4.53. The topological polar surface area (TPSA) is 106 Å². The van der Waals surface area contributed by atoms with E-state index in [0.29, 0.717) is 5.56 Å². The van der Waals surface area contributed by atoms with Crippen molar-refractivity contribution >= 4 is 12.1 Å². The van der Waals surface area contributed by atoms with Crippen molar-refractivity contribution in [2.45, 2.75) is 6.54 Å². The van der Waals surface area contributed by atoms with E-state index in [0.717, 1.165) is 6.21 Å². The molecule has 1 amide bonds. The van der Waals surface area contributed by atoms with E-state index >= 15 is 0 Å². The van der Waals surface area contributed by atoms with Crippen molar-refractivity contribution in [3.8, 4) is 11.6 Å². The Morgan fingerprint density at radius 3 is 2.58 bits per heavy atom. The summed E-state index contributed by atoms with van der Waals surface area (Å²) in [5, 5.41) is 14.1. The first-order valence-electron chi connectivity index (χ1n) is 6.79. The number of hydrogen-bond acceptors (Lipinski definition) is 7. The molecule has 126 valence electrons. The normalized spacial score (nSPS) is 10.6. The SMILES string of the molecule is COc1nc(/C=N/O)nc(C(=O)NCc2ccc(F)cc2)c1OC. The zero-order valence-corrected chi connectivity index (χ0v) is 13.0. The van der Waals surface area contributed by atoms with Crippen LogP contribution in [-0.4, -0.2) is 41.5 Å². The number of carbonyl (C=O) groups is 1. The van der Waals surface area contributed by atoms with Crippen molar-refractivity contribution < 1.29 is 23.9 Å². The number of ether oxygens (including phenoxy) is 2. The molecule has 2 rings (SSSR count). The molecule has 24 heavy (non-hydrogen) atoms. The average molecular weight is 334 g/mol. The van der Waals surface area contributed by atoms with Gasteiger partial charge >= 0.3 is 0 Å². The van der Waals surface area contributed by atoms with Crippen molar-refractivity contribution in [1.82, 2.24) is 15.3 Å². The number of benzene rings is 1. The van der Waals surface area contributed by atoms with Crippen LogP contribution < -0.4 is 14.8 Å². The number of nitrogens with zero attached hydrogens (tertiary/aromatic N) is 3. The minimum Gasteiger partial charge on any atom is -0.489 e. The number of oxime groups is 1.